The summed E-state index contributed by atoms with van der Waals surface area (Å²) in [7, 11) is 0. The fourth-order valence-electron chi connectivity index (χ4n) is 0.984. The maximum Gasteiger partial charge on any atom is 0.188 e. The third-order valence-electron chi connectivity index (χ3n) is 1.57. The molecule has 14 heavy (non-hydrogen) atoms. The highest BCUT2D eigenvalue weighted by molar-refractivity contribution is 7.99. The smallest absolute Gasteiger partial charge is 0.188 e. The van der Waals surface area contributed by atoms with Gasteiger partial charge in [-0.1, -0.05) is 17.8 Å². The molecule has 0 unspecified atom stereocenters. The number of rotatable bonds is 2. The van der Waals surface area contributed by atoms with Gasteiger partial charge in [0, 0.05) is 4.90 Å². The van der Waals surface area contributed by atoms with E-state index >= 15 is 0 Å². The predicted octanol–water partition coefficient (Wildman–Crippen LogP) is 1.83. The molecule has 0 bridgehead atoms. The molecule has 0 radical (unpaired) electrons. The largest absolute Gasteiger partial charge is 0.254 e. The van der Waals surface area contributed by atoms with Crippen molar-refractivity contribution in [2.45, 2.75) is 10.1 Å². The van der Waals surface area contributed by atoms with Crippen molar-refractivity contribution in [3.8, 4) is 6.07 Å². The maximum atomic E-state index is 8.69. The zero-order valence-electron chi connectivity index (χ0n) is 7.14. The second-order valence-electron chi connectivity index (χ2n) is 2.53. The molecule has 0 saturated carbocycles. The third-order valence-corrected chi connectivity index (χ3v) is 2.45. The van der Waals surface area contributed by atoms with Crippen LogP contribution in [0.25, 0.3) is 0 Å². The lowest BCUT2D eigenvalue weighted by atomic mass is 10.2. The standard InChI is InChI=1S/C9H6N4S/c10-5-7-2-1-3-8(4-7)14-9-11-6-12-13-9/h1-4,6H,(H,11,12,13). The number of aromatic nitrogens is 3. The summed E-state index contributed by atoms with van der Waals surface area (Å²) in [6, 6.07) is 9.44. The Kier molecular flexibility index (Phi) is 2.47. The molecule has 0 saturated heterocycles. The van der Waals surface area contributed by atoms with Crippen LogP contribution in [0, 0.1) is 11.3 Å². The highest BCUT2D eigenvalue weighted by atomic mass is 32.2. The van der Waals surface area contributed by atoms with Crippen LogP contribution < -0.4 is 0 Å². The molecule has 0 aliphatic rings. The number of benzene rings is 1. The first-order chi connectivity index (χ1) is 6.88. The molecule has 68 valence electrons. The Bertz CT molecular complexity index is 458. The first kappa shape index (κ1) is 8.78. The van der Waals surface area contributed by atoms with Crippen LogP contribution in [0.4, 0.5) is 0 Å². The van der Waals surface area contributed by atoms with Gasteiger partial charge in [0.2, 0.25) is 0 Å². The summed E-state index contributed by atoms with van der Waals surface area (Å²) < 4.78 is 0. The number of hydrogen-bond donors (Lipinski definition) is 1. The number of nitrogens with one attached hydrogen (secondary N) is 1. The Morgan fingerprint density at radius 2 is 2.36 bits per heavy atom. The molecular formula is C9H6N4S. The van der Waals surface area contributed by atoms with Gasteiger partial charge in [-0.2, -0.15) is 10.4 Å². The predicted molar refractivity (Wildman–Crippen MR) is 51.7 cm³/mol. The van der Waals surface area contributed by atoms with Crippen LogP contribution in [-0.4, -0.2) is 15.2 Å². The monoisotopic (exact) mass is 202 g/mol. The number of H-pyrrole nitrogens is 1. The van der Waals surface area contributed by atoms with Crippen LogP contribution in [0.1, 0.15) is 5.56 Å². The minimum atomic E-state index is 0.648. The van der Waals surface area contributed by atoms with Crippen molar-refractivity contribution in [3.63, 3.8) is 0 Å². The topological polar surface area (TPSA) is 65.4 Å². The zero-order chi connectivity index (χ0) is 9.80. The summed E-state index contributed by atoms with van der Waals surface area (Å²) in [5, 5.41) is 15.9. The molecule has 1 aromatic heterocycles. The average Bonchev–Trinajstić information content (AvgIpc) is 2.71. The SMILES string of the molecule is N#Cc1cccc(Sc2ncn[nH]2)c1. The van der Waals surface area contributed by atoms with Gasteiger partial charge in [-0.15, -0.1) is 0 Å². The molecule has 0 amide bonds. The lowest BCUT2D eigenvalue weighted by molar-refractivity contribution is 0.973. The highest BCUT2D eigenvalue weighted by Crippen LogP contribution is 2.24. The van der Waals surface area contributed by atoms with Crippen LogP contribution in [0.15, 0.2) is 40.6 Å². The van der Waals surface area contributed by atoms with E-state index in [0.29, 0.717) is 5.56 Å². The summed E-state index contributed by atoms with van der Waals surface area (Å²) in [5.41, 5.74) is 0.648. The molecular weight excluding hydrogens is 196 g/mol. The molecule has 5 heteroatoms. The van der Waals surface area contributed by atoms with Crippen molar-refractivity contribution in [2.75, 3.05) is 0 Å². The van der Waals surface area contributed by atoms with E-state index < -0.39 is 0 Å². The van der Waals surface area contributed by atoms with Crippen molar-refractivity contribution in [3.05, 3.63) is 36.2 Å². The van der Waals surface area contributed by atoms with E-state index in [1.807, 2.05) is 18.2 Å². The second kappa shape index (κ2) is 3.94. The van der Waals surface area contributed by atoms with Gasteiger partial charge >= 0.3 is 0 Å². The molecule has 0 aliphatic heterocycles. The Morgan fingerprint density at radius 3 is 3.07 bits per heavy atom. The molecule has 2 rings (SSSR count). The number of nitriles is 1. The quantitative estimate of drug-likeness (QED) is 0.806. The fraction of sp³-hybridized carbons (Fsp3) is 0. The highest BCUT2D eigenvalue weighted by Gasteiger charge is 2.00. The van der Waals surface area contributed by atoms with Gasteiger partial charge in [0.25, 0.3) is 0 Å². The molecule has 0 fully saturated rings. The van der Waals surface area contributed by atoms with E-state index in [9.17, 15) is 0 Å². The van der Waals surface area contributed by atoms with Gasteiger partial charge in [-0.05, 0) is 18.2 Å². The molecule has 1 aromatic carbocycles. The molecule has 1 heterocycles. The summed E-state index contributed by atoms with van der Waals surface area (Å²) in [5.74, 6) is 0. The third kappa shape index (κ3) is 1.92. The lowest BCUT2D eigenvalue weighted by Gasteiger charge is -1.96. The van der Waals surface area contributed by atoms with E-state index in [1.165, 1.54) is 18.1 Å². The van der Waals surface area contributed by atoms with E-state index in [4.69, 9.17) is 5.26 Å². The number of aromatic amines is 1. The minimum Gasteiger partial charge on any atom is -0.254 e. The van der Waals surface area contributed by atoms with Crippen molar-refractivity contribution < 1.29 is 0 Å². The van der Waals surface area contributed by atoms with Crippen LogP contribution in [0.3, 0.4) is 0 Å². The summed E-state index contributed by atoms with van der Waals surface area (Å²) >= 11 is 1.44. The molecule has 1 N–H and O–H groups in total. The number of hydrogen-bond acceptors (Lipinski definition) is 4. The van der Waals surface area contributed by atoms with Gasteiger partial charge in [-0.3, -0.25) is 5.10 Å². The maximum absolute atomic E-state index is 8.69. The van der Waals surface area contributed by atoms with Gasteiger partial charge in [-0.25, -0.2) is 4.98 Å². The molecule has 0 aliphatic carbocycles. The van der Waals surface area contributed by atoms with Crippen molar-refractivity contribution in [2.24, 2.45) is 0 Å². The van der Waals surface area contributed by atoms with Crippen molar-refractivity contribution in [1.82, 2.24) is 15.2 Å². The van der Waals surface area contributed by atoms with E-state index in [0.717, 1.165) is 10.1 Å². The Labute approximate surface area is 85.0 Å². The average molecular weight is 202 g/mol. The van der Waals surface area contributed by atoms with Gasteiger partial charge in [0.05, 0.1) is 11.6 Å². The van der Waals surface area contributed by atoms with Crippen LogP contribution >= 0.6 is 11.8 Å². The van der Waals surface area contributed by atoms with Crippen molar-refractivity contribution >= 4 is 11.8 Å². The second-order valence-corrected chi connectivity index (χ2v) is 3.59. The van der Waals surface area contributed by atoms with Crippen molar-refractivity contribution in [1.29, 1.82) is 5.26 Å². The van der Waals surface area contributed by atoms with E-state index in [2.05, 4.69) is 21.3 Å². The first-order valence-corrected chi connectivity index (χ1v) is 4.73. The van der Waals surface area contributed by atoms with Gasteiger partial charge in [0.15, 0.2) is 5.16 Å². The summed E-state index contributed by atoms with van der Waals surface area (Å²) in [6.07, 6.45) is 1.45. The number of nitrogens with zero attached hydrogens (tertiary/aromatic N) is 3. The van der Waals surface area contributed by atoms with Gasteiger partial charge in [0.1, 0.15) is 6.33 Å². The molecule has 2 aromatic rings. The molecule has 0 atom stereocenters. The minimum absolute atomic E-state index is 0.648. The molecule has 4 nitrogen and oxygen atoms in total. The Balaban J connectivity index is 2.22. The summed E-state index contributed by atoms with van der Waals surface area (Å²) in [6.45, 7) is 0. The molecule has 0 spiro atoms. The summed E-state index contributed by atoms with van der Waals surface area (Å²) in [4.78, 5) is 4.95. The Hall–Kier alpha value is -1.80. The Morgan fingerprint density at radius 1 is 1.43 bits per heavy atom. The van der Waals surface area contributed by atoms with Crippen LogP contribution in [-0.2, 0) is 0 Å². The lowest BCUT2D eigenvalue weighted by Crippen LogP contribution is -1.78. The van der Waals surface area contributed by atoms with E-state index in [-0.39, 0.29) is 0 Å². The first-order valence-electron chi connectivity index (χ1n) is 3.92. The van der Waals surface area contributed by atoms with Crippen LogP contribution in [0.5, 0.6) is 0 Å². The normalized spacial score (nSPS) is 9.64. The van der Waals surface area contributed by atoms with Crippen LogP contribution in [0.2, 0.25) is 0 Å². The zero-order valence-corrected chi connectivity index (χ0v) is 7.95. The van der Waals surface area contributed by atoms with Gasteiger partial charge < -0.3 is 0 Å². The van der Waals surface area contributed by atoms with E-state index in [1.54, 1.807) is 6.07 Å². The fourth-order valence-corrected chi connectivity index (χ4v) is 1.74.